The maximum absolute atomic E-state index is 12.4. The van der Waals surface area contributed by atoms with Gasteiger partial charge in [-0.15, -0.1) is 0 Å². The molecule has 102 valence electrons. The molecule has 0 atom stereocenters. The Balaban J connectivity index is 1.82. The minimum atomic E-state index is -0.0621. The molecule has 1 fully saturated rings. The van der Waals surface area contributed by atoms with Crippen molar-refractivity contribution >= 4 is 17.4 Å². The normalized spacial score (nSPS) is 14.1. The molecule has 1 aliphatic rings. The summed E-state index contributed by atoms with van der Waals surface area (Å²) < 4.78 is 5.67. The van der Waals surface area contributed by atoms with Crippen LogP contribution in [-0.4, -0.2) is 11.9 Å². The smallest absolute Gasteiger partial charge is 0.194 e. The van der Waals surface area contributed by atoms with Crippen LogP contribution in [0.2, 0.25) is 5.02 Å². The Kier molecular flexibility index (Phi) is 3.49. The Hall–Kier alpha value is -1.80. The quantitative estimate of drug-likeness (QED) is 0.778. The zero-order valence-electron chi connectivity index (χ0n) is 11.2. The van der Waals surface area contributed by atoms with Gasteiger partial charge in [0.15, 0.2) is 5.78 Å². The molecule has 20 heavy (non-hydrogen) atoms. The predicted octanol–water partition coefficient (Wildman–Crippen LogP) is 4.42. The summed E-state index contributed by atoms with van der Waals surface area (Å²) in [6.07, 6.45) is 2.61. The maximum Gasteiger partial charge on any atom is 0.194 e. The molecule has 0 bridgehead atoms. The zero-order valence-corrected chi connectivity index (χ0v) is 12.0. The SMILES string of the molecule is Cc1ccc(C(=O)c2ccc(OC3CC3)cc2)c(Cl)c1. The van der Waals surface area contributed by atoms with Gasteiger partial charge >= 0.3 is 0 Å². The van der Waals surface area contributed by atoms with Crippen LogP contribution in [-0.2, 0) is 0 Å². The summed E-state index contributed by atoms with van der Waals surface area (Å²) in [5, 5.41) is 0.494. The minimum Gasteiger partial charge on any atom is -0.490 e. The molecular weight excluding hydrogens is 272 g/mol. The molecule has 3 rings (SSSR count). The van der Waals surface area contributed by atoms with Gasteiger partial charge in [0, 0.05) is 11.1 Å². The van der Waals surface area contributed by atoms with Crippen LogP contribution in [0.3, 0.4) is 0 Å². The molecule has 2 aromatic rings. The van der Waals surface area contributed by atoms with Gasteiger partial charge in [-0.2, -0.15) is 0 Å². The molecule has 0 radical (unpaired) electrons. The predicted molar refractivity (Wildman–Crippen MR) is 79.7 cm³/mol. The van der Waals surface area contributed by atoms with E-state index in [-0.39, 0.29) is 5.78 Å². The van der Waals surface area contributed by atoms with Crippen molar-refractivity contribution < 1.29 is 9.53 Å². The van der Waals surface area contributed by atoms with E-state index in [0.29, 0.717) is 22.3 Å². The first kappa shape index (κ1) is 13.2. The van der Waals surface area contributed by atoms with Crippen LogP contribution < -0.4 is 4.74 Å². The lowest BCUT2D eigenvalue weighted by molar-refractivity contribution is 0.103. The number of aryl methyl sites for hydroxylation is 1. The first-order valence-electron chi connectivity index (χ1n) is 6.71. The molecule has 3 heteroatoms. The summed E-state index contributed by atoms with van der Waals surface area (Å²) >= 11 is 6.14. The molecule has 0 unspecified atom stereocenters. The monoisotopic (exact) mass is 286 g/mol. The number of hydrogen-bond acceptors (Lipinski definition) is 2. The van der Waals surface area contributed by atoms with Crippen molar-refractivity contribution in [3.05, 3.63) is 64.2 Å². The van der Waals surface area contributed by atoms with E-state index in [1.54, 1.807) is 24.3 Å². The molecule has 1 saturated carbocycles. The summed E-state index contributed by atoms with van der Waals surface area (Å²) in [7, 11) is 0. The van der Waals surface area contributed by atoms with E-state index >= 15 is 0 Å². The van der Waals surface area contributed by atoms with Crippen LogP contribution in [0.15, 0.2) is 42.5 Å². The Morgan fingerprint density at radius 2 is 1.85 bits per heavy atom. The fourth-order valence-electron chi connectivity index (χ4n) is 2.02. The second-order valence-corrected chi connectivity index (χ2v) is 5.56. The van der Waals surface area contributed by atoms with Crippen LogP contribution in [0.4, 0.5) is 0 Å². The molecular formula is C17H15ClO2. The molecule has 2 aromatic carbocycles. The topological polar surface area (TPSA) is 26.3 Å². The van der Waals surface area contributed by atoms with Crippen molar-refractivity contribution in [1.29, 1.82) is 0 Å². The molecule has 0 N–H and O–H groups in total. The van der Waals surface area contributed by atoms with Crippen molar-refractivity contribution in [2.45, 2.75) is 25.9 Å². The van der Waals surface area contributed by atoms with Gasteiger partial charge in [0.1, 0.15) is 5.75 Å². The number of hydrogen-bond donors (Lipinski definition) is 0. The average Bonchev–Trinajstić information content (AvgIpc) is 3.23. The highest BCUT2D eigenvalue weighted by Crippen LogP contribution is 2.27. The molecule has 0 aromatic heterocycles. The zero-order chi connectivity index (χ0) is 14.1. The summed E-state index contributed by atoms with van der Waals surface area (Å²) in [6, 6.07) is 12.7. The van der Waals surface area contributed by atoms with Crippen LogP contribution in [0.25, 0.3) is 0 Å². The summed E-state index contributed by atoms with van der Waals surface area (Å²) in [5.74, 6) is 0.757. The summed E-state index contributed by atoms with van der Waals surface area (Å²) in [4.78, 5) is 12.4. The van der Waals surface area contributed by atoms with Crippen molar-refractivity contribution in [3.63, 3.8) is 0 Å². The summed E-state index contributed by atoms with van der Waals surface area (Å²) in [5.41, 5.74) is 2.20. The molecule has 0 amide bonds. The van der Waals surface area contributed by atoms with Crippen molar-refractivity contribution in [2.24, 2.45) is 0 Å². The van der Waals surface area contributed by atoms with Gasteiger partial charge in [-0.1, -0.05) is 17.7 Å². The summed E-state index contributed by atoms with van der Waals surface area (Å²) in [6.45, 7) is 1.95. The Labute approximate surface area is 123 Å². The molecule has 0 saturated heterocycles. The lowest BCUT2D eigenvalue weighted by atomic mass is 10.0. The molecule has 2 nitrogen and oxygen atoms in total. The van der Waals surface area contributed by atoms with Crippen molar-refractivity contribution in [3.8, 4) is 5.75 Å². The third-order valence-corrected chi connectivity index (χ3v) is 3.63. The average molecular weight is 287 g/mol. The van der Waals surface area contributed by atoms with Gasteiger partial charge in [-0.05, 0) is 61.7 Å². The highest BCUT2D eigenvalue weighted by Gasteiger charge is 2.23. The first-order chi connectivity index (χ1) is 9.63. The van der Waals surface area contributed by atoms with E-state index < -0.39 is 0 Å². The lowest BCUT2D eigenvalue weighted by Crippen LogP contribution is -2.03. The fraction of sp³-hybridized carbons (Fsp3) is 0.235. The van der Waals surface area contributed by atoms with Crippen LogP contribution in [0, 0.1) is 6.92 Å². The molecule has 1 aliphatic carbocycles. The first-order valence-corrected chi connectivity index (χ1v) is 7.09. The van der Waals surface area contributed by atoms with E-state index in [9.17, 15) is 4.79 Å². The van der Waals surface area contributed by atoms with Gasteiger partial charge in [-0.25, -0.2) is 0 Å². The van der Waals surface area contributed by atoms with Crippen LogP contribution >= 0.6 is 11.6 Å². The number of rotatable bonds is 4. The van der Waals surface area contributed by atoms with Crippen LogP contribution in [0.5, 0.6) is 5.75 Å². The molecule has 0 aliphatic heterocycles. The number of carbonyl (C=O) groups excluding carboxylic acids is 1. The van der Waals surface area contributed by atoms with Crippen LogP contribution in [0.1, 0.15) is 34.3 Å². The minimum absolute atomic E-state index is 0.0621. The number of ketones is 1. The van der Waals surface area contributed by atoms with E-state index in [0.717, 1.165) is 24.2 Å². The second kappa shape index (κ2) is 5.29. The van der Waals surface area contributed by atoms with Crippen molar-refractivity contribution in [2.75, 3.05) is 0 Å². The van der Waals surface area contributed by atoms with E-state index in [4.69, 9.17) is 16.3 Å². The molecule has 0 spiro atoms. The third-order valence-electron chi connectivity index (χ3n) is 3.31. The largest absolute Gasteiger partial charge is 0.490 e. The highest BCUT2D eigenvalue weighted by molar-refractivity contribution is 6.35. The van der Waals surface area contributed by atoms with Gasteiger partial charge in [0.2, 0.25) is 0 Å². The van der Waals surface area contributed by atoms with Gasteiger partial charge in [-0.3, -0.25) is 4.79 Å². The molecule has 0 heterocycles. The number of carbonyl (C=O) groups is 1. The maximum atomic E-state index is 12.4. The second-order valence-electron chi connectivity index (χ2n) is 5.15. The van der Waals surface area contributed by atoms with E-state index in [2.05, 4.69) is 0 Å². The fourth-order valence-corrected chi connectivity index (χ4v) is 2.34. The highest BCUT2D eigenvalue weighted by atomic mass is 35.5. The van der Waals surface area contributed by atoms with Gasteiger partial charge in [0.05, 0.1) is 11.1 Å². The third kappa shape index (κ3) is 2.86. The number of benzene rings is 2. The Bertz CT molecular complexity index is 643. The van der Waals surface area contributed by atoms with Gasteiger partial charge < -0.3 is 4.74 Å². The standard InChI is InChI=1S/C17H15ClO2/c1-11-2-9-15(16(18)10-11)17(19)12-3-5-13(6-4-12)20-14-7-8-14/h2-6,9-10,14H,7-8H2,1H3. The number of halogens is 1. The van der Waals surface area contributed by atoms with Gasteiger partial charge in [0.25, 0.3) is 0 Å². The van der Waals surface area contributed by atoms with Crippen molar-refractivity contribution in [1.82, 2.24) is 0 Å². The lowest BCUT2D eigenvalue weighted by Gasteiger charge is -2.07. The number of ether oxygens (including phenoxy) is 1. The van der Waals surface area contributed by atoms with E-state index in [1.807, 2.05) is 25.1 Å². The Morgan fingerprint density at radius 3 is 2.45 bits per heavy atom. The van der Waals surface area contributed by atoms with E-state index in [1.165, 1.54) is 0 Å². The Morgan fingerprint density at radius 1 is 1.15 bits per heavy atom.